The third-order valence-electron chi connectivity index (χ3n) is 3.08. The maximum absolute atomic E-state index is 5.61. The van der Waals surface area contributed by atoms with Crippen LogP contribution in [0.3, 0.4) is 0 Å². The van der Waals surface area contributed by atoms with E-state index in [1.54, 1.807) is 0 Å². The van der Waals surface area contributed by atoms with Gasteiger partial charge in [-0.15, -0.1) is 0 Å². The Morgan fingerprint density at radius 2 is 2.13 bits per heavy atom. The van der Waals surface area contributed by atoms with Gasteiger partial charge in [0.2, 0.25) is 0 Å². The highest BCUT2D eigenvalue weighted by Gasteiger charge is 2.13. The van der Waals surface area contributed by atoms with Gasteiger partial charge in [0.05, 0.1) is 12.7 Å². The highest BCUT2D eigenvalue weighted by atomic mass is 16.5. The highest BCUT2D eigenvalue weighted by Crippen LogP contribution is 2.26. The molecule has 0 bridgehead atoms. The van der Waals surface area contributed by atoms with Crippen LogP contribution in [-0.2, 0) is 17.6 Å². The Morgan fingerprint density at radius 1 is 1.33 bits per heavy atom. The lowest BCUT2D eigenvalue weighted by molar-refractivity contribution is 0.0717. The van der Waals surface area contributed by atoms with Crippen LogP contribution >= 0.6 is 0 Å². The standard InChI is InChI=1S/C13H19NO/c1-10(15-8-7-14)12-6-5-11-3-2-4-13(11)9-12/h5-6,9-10H,2-4,7-8,14H2,1H3. The lowest BCUT2D eigenvalue weighted by Crippen LogP contribution is -2.11. The van der Waals surface area contributed by atoms with Crippen LogP contribution in [0.1, 0.15) is 36.1 Å². The molecular weight excluding hydrogens is 186 g/mol. The quantitative estimate of drug-likeness (QED) is 0.818. The normalized spacial score (nSPS) is 16.4. The van der Waals surface area contributed by atoms with E-state index in [0.717, 1.165) is 0 Å². The molecule has 1 aliphatic carbocycles. The average Bonchev–Trinajstić information content (AvgIpc) is 2.72. The summed E-state index contributed by atoms with van der Waals surface area (Å²) in [5, 5.41) is 0. The van der Waals surface area contributed by atoms with Crippen molar-refractivity contribution in [3.63, 3.8) is 0 Å². The summed E-state index contributed by atoms with van der Waals surface area (Å²) in [5.41, 5.74) is 9.73. The molecule has 2 rings (SSSR count). The second-order valence-electron chi connectivity index (χ2n) is 4.18. The first-order valence-corrected chi connectivity index (χ1v) is 5.74. The van der Waals surface area contributed by atoms with E-state index in [1.807, 2.05) is 0 Å². The monoisotopic (exact) mass is 205 g/mol. The summed E-state index contributed by atoms with van der Waals surface area (Å²) in [4.78, 5) is 0. The van der Waals surface area contributed by atoms with E-state index in [9.17, 15) is 0 Å². The molecule has 1 aromatic carbocycles. The molecule has 0 aromatic heterocycles. The van der Waals surface area contributed by atoms with Gasteiger partial charge in [0.25, 0.3) is 0 Å². The summed E-state index contributed by atoms with van der Waals surface area (Å²) in [6.07, 6.45) is 3.94. The second kappa shape index (κ2) is 4.77. The zero-order valence-corrected chi connectivity index (χ0v) is 9.33. The van der Waals surface area contributed by atoms with Crippen LogP contribution in [0.15, 0.2) is 18.2 Å². The van der Waals surface area contributed by atoms with Crippen molar-refractivity contribution in [2.24, 2.45) is 5.73 Å². The predicted octanol–water partition coefficient (Wildman–Crippen LogP) is 2.21. The van der Waals surface area contributed by atoms with E-state index in [4.69, 9.17) is 10.5 Å². The van der Waals surface area contributed by atoms with E-state index in [2.05, 4.69) is 25.1 Å². The van der Waals surface area contributed by atoms with Crippen LogP contribution in [0.4, 0.5) is 0 Å². The third kappa shape index (κ3) is 2.39. The number of aryl methyl sites for hydroxylation is 2. The third-order valence-corrected chi connectivity index (χ3v) is 3.08. The Morgan fingerprint density at radius 3 is 2.93 bits per heavy atom. The van der Waals surface area contributed by atoms with E-state index in [-0.39, 0.29) is 6.10 Å². The van der Waals surface area contributed by atoms with Crippen LogP contribution in [0, 0.1) is 0 Å². The van der Waals surface area contributed by atoms with Crippen molar-refractivity contribution in [1.29, 1.82) is 0 Å². The minimum absolute atomic E-state index is 0.166. The molecule has 2 nitrogen and oxygen atoms in total. The molecule has 0 saturated carbocycles. The van der Waals surface area contributed by atoms with Gasteiger partial charge in [0.15, 0.2) is 0 Å². The zero-order valence-electron chi connectivity index (χ0n) is 9.33. The van der Waals surface area contributed by atoms with Crippen molar-refractivity contribution in [3.05, 3.63) is 34.9 Å². The number of rotatable bonds is 4. The van der Waals surface area contributed by atoms with Crippen LogP contribution < -0.4 is 5.73 Å². The van der Waals surface area contributed by atoms with Gasteiger partial charge in [0, 0.05) is 6.54 Å². The van der Waals surface area contributed by atoms with E-state index in [0.29, 0.717) is 13.2 Å². The largest absolute Gasteiger partial charge is 0.373 e. The second-order valence-corrected chi connectivity index (χ2v) is 4.18. The molecule has 1 aromatic rings. The number of ether oxygens (including phenoxy) is 1. The molecular formula is C13H19NO. The zero-order chi connectivity index (χ0) is 10.7. The van der Waals surface area contributed by atoms with Crippen LogP contribution in [-0.4, -0.2) is 13.2 Å². The molecule has 82 valence electrons. The molecule has 1 aliphatic rings. The summed E-state index contributed by atoms with van der Waals surface area (Å²) in [5.74, 6) is 0. The van der Waals surface area contributed by atoms with Gasteiger partial charge >= 0.3 is 0 Å². The number of nitrogens with two attached hydrogens (primary N) is 1. The first-order valence-electron chi connectivity index (χ1n) is 5.74. The summed E-state index contributed by atoms with van der Waals surface area (Å²) >= 11 is 0. The molecule has 2 heteroatoms. The minimum atomic E-state index is 0.166. The SMILES string of the molecule is CC(OCCN)c1ccc2c(c1)CCC2. The predicted molar refractivity (Wildman–Crippen MR) is 61.9 cm³/mol. The van der Waals surface area contributed by atoms with Crippen molar-refractivity contribution in [2.75, 3.05) is 13.2 Å². The molecule has 2 N–H and O–H groups in total. The Balaban J connectivity index is 2.08. The maximum atomic E-state index is 5.61. The number of fused-ring (bicyclic) bond motifs is 1. The molecule has 0 spiro atoms. The van der Waals surface area contributed by atoms with Crippen molar-refractivity contribution in [2.45, 2.75) is 32.3 Å². The minimum Gasteiger partial charge on any atom is -0.373 e. The highest BCUT2D eigenvalue weighted by molar-refractivity contribution is 5.36. The Kier molecular flexibility index (Phi) is 3.39. The molecule has 0 aliphatic heterocycles. The van der Waals surface area contributed by atoms with Crippen molar-refractivity contribution >= 4 is 0 Å². The lowest BCUT2D eigenvalue weighted by atomic mass is 10.0. The van der Waals surface area contributed by atoms with Crippen molar-refractivity contribution in [1.82, 2.24) is 0 Å². The fourth-order valence-corrected chi connectivity index (χ4v) is 2.19. The average molecular weight is 205 g/mol. The van der Waals surface area contributed by atoms with Crippen LogP contribution in [0.5, 0.6) is 0 Å². The van der Waals surface area contributed by atoms with Crippen molar-refractivity contribution < 1.29 is 4.74 Å². The fourth-order valence-electron chi connectivity index (χ4n) is 2.19. The molecule has 1 atom stereocenters. The van der Waals surface area contributed by atoms with Gasteiger partial charge in [-0.25, -0.2) is 0 Å². The van der Waals surface area contributed by atoms with Gasteiger partial charge in [-0.2, -0.15) is 0 Å². The van der Waals surface area contributed by atoms with E-state index < -0.39 is 0 Å². The first kappa shape index (κ1) is 10.7. The first-order chi connectivity index (χ1) is 7.31. The Hall–Kier alpha value is -0.860. The lowest BCUT2D eigenvalue weighted by Gasteiger charge is -2.14. The molecule has 0 saturated heterocycles. The summed E-state index contributed by atoms with van der Waals surface area (Å²) in [6, 6.07) is 6.73. The molecule has 15 heavy (non-hydrogen) atoms. The Bertz CT molecular complexity index is 335. The van der Waals surface area contributed by atoms with Crippen LogP contribution in [0.2, 0.25) is 0 Å². The van der Waals surface area contributed by atoms with E-state index >= 15 is 0 Å². The van der Waals surface area contributed by atoms with Gasteiger partial charge in [-0.1, -0.05) is 18.2 Å². The number of benzene rings is 1. The molecule has 0 fully saturated rings. The fraction of sp³-hybridized carbons (Fsp3) is 0.538. The molecule has 1 unspecified atom stereocenters. The smallest absolute Gasteiger partial charge is 0.0797 e. The number of hydrogen-bond donors (Lipinski definition) is 1. The molecule has 0 heterocycles. The number of hydrogen-bond acceptors (Lipinski definition) is 2. The van der Waals surface area contributed by atoms with Gasteiger partial charge in [0.1, 0.15) is 0 Å². The summed E-state index contributed by atoms with van der Waals surface area (Å²) in [6.45, 7) is 3.32. The Labute approximate surface area is 91.4 Å². The summed E-state index contributed by atoms with van der Waals surface area (Å²) in [7, 11) is 0. The van der Waals surface area contributed by atoms with Gasteiger partial charge in [-0.05, 0) is 42.9 Å². The molecule has 0 radical (unpaired) electrons. The topological polar surface area (TPSA) is 35.2 Å². The molecule has 0 amide bonds. The van der Waals surface area contributed by atoms with Crippen molar-refractivity contribution in [3.8, 4) is 0 Å². The van der Waals surface area contributed by atoms with Crippen LogP contribution in [0.25, 0.3) is 0 Å². The van der Waals surface area contributed by atoms with Gasteiger partial charge < -0.3 is 10.5 Å². The summed E-state index contributed by atoms with van der Waals surface area (Å²) < 4.78 is 5.61. The van der Waals surface area contributed by atoms with E-state index in [1.165, 1.54) is 36.0 Å². The maximum Gasteiger partial charge on any atom is 0.0797 e. The van der Waals surface area contributed by atoms with Gasteiger partial charge in [-0.3, -0.25) is 0 Å².